The van der Waals surface area contributed by atoms with Gasteiger partial charge in [0.25, 0.3) is 11.6 Å². The fourth-order valence-electron chi connectivity index (χ4n) is 4.49. The van der Waals surface area contributed by atoms with Crippen LogP contribution in [0.25, 0.3) is 0 Å². The first-order valence-electron chi connectivity index (χ1n) is 10.5. The molecule has 3 aromatic rings. The number of nitro benzene ring substituents is 1. The Morgan fingerprint density at radius 1 is 0.909 bits per heavy atom. The Labute approximate surface area is 189 Å². The van der Waals surface area contributed by atoms with Gasteiger partial charge in [0, 0.05) is 12.1 Å². The van der Waals surface area contributed by atoms with Crippen molar-refractivity contribution in [3.8, 4) is 0 Å². The number of non-ortho nitro benzene ring substituents is 1. The highest BCUT2D eigenvalue weighted by molar-refractivity contribution is 6.34. The Morgan fingerprint density at radius 2 is 1.61 bits per heavy atom. The van der Waals surface area contributed by atoms with Crippen molar-refractivity contribution in [2.24, 2.45) is 11.0 Å². The van der Waals surface area contributed by atoms with Crippen molar-refractivity contribution in [3.05, 3.63) is 99.6 Å². The molecule has 0 unspecified atom stereocenters. The number of rotatable bonds is 4. The third-order valence-corrected chi connectivity index (χ3v) is 6.04. The molecule has 1 fully saturated rings. The van der Waals surface area contributed by atoms with Gasteiger partial charge in [-0.25, -0.2) is 4.90 Å². The third kappa shape index (κ3) is 3.27. The summed E-state index contributed by atoms with van der Waals surface area (Å²) in [6, 6.07) is 19.9. The quantitative estimate of drug-likeness (QED) is 0.347. The number of hydrazone groups is 1. The molecule has 2 amide bonds. The van der Waals surface area contributed by atoms with Crippen molar-refractivity contribution < 1.29 is 14.5 Å². The molecule has 0 saturated carbocycles. The minimum atomic E-state index is -0.828. The van der Waals surface area contributed by atoms with Gasteiger partial charge < -0.3 is 0 Å². The fraction of sp³-hybridized carbons (Fsp3) is 0.160. The van der Waals surface area contributed by atoms with Gasteiger partial charge in [0.1, 0.15) is 12.0 Å². The van der Waals surface area contributed by atoms with Crippen LogP contribution in [0.2, 0.25) is 0 Å². The second kappa shape index (κ2) is 7.67. The first kappa shape index (κ1) is 20.6. The van der Waals surface area contributed by atoms with E-state index in [0.29, 0.717) is 22.6 Å². The highest BCUT2D eigenvalue weighted by Gasteiger charge is 2.57. The van der Waals surface area contributed by atoms with Gasteiger partial charge in [-0.15, -0.1) is 0 Å². The van der Waals surface area contributed by atoms with Gasteiger partial charge in [-0.05, 0) is 55.3 Å². The number of anilines is 2. The highest BCUT2D eigenvalue weighted by atomic mass is 16.6. The average molecular weight is 440 g/mol. The molecule has 2 atom stereocenters. The molecule has 2 heterocycles. The number of para-hydroxylation sites is 1. The zero-order chi connectivity index (χ0) is 23.3. The van der Waals surface area contributed by atoms with Crippen LogP contribution in [-0.4, -0.2) is 28.5 Å². The van der Waals surface area contributed by atoms with E-state index in [1.54, 1.807) is 23.2 Å². The number of benzene rings is 3. The second-order valence-corrected chi connectivity index (χ2v) is 8.19. The molecule has 1 saturated heterocycles. The largest absolute Gasteiger partial charge is 0.273 e. The summed E-state index contributed by atoms with van der Waals surface area (Å²) in [4.78, 5) is 39.1. The highest BCUT2D eigenvalue weighted by Crippen LogP contribution is 2.40. The number of nitrogens with zero attached hydrogens (tertiary/aromatic N) is 4. The van der Waals surface area contributed by atoms with E-state index in [1.165, 1.54) is 17.0 Å². The van der Waals surface area contributed by atoms with E-state index in [4.69, 9.17) is 0 Å². The number of aryl methyl sites for hydroxylation is 2. The van der Waals surface area contributed by atoms with Crippen molar-refractivity contribution in [1.82, 2.24) is 0 Å². The monoisotopic (exact) mass is 440 g/mol. The van der Waals surface area contributed by atoms with E-state index in [2.05, 4.69) is 5.10 Å². The van der Waals surface area contributed by atoms with Gasteiger partial charge >= 0.3 is 0 Å². The fourth-order valence-corrected chi connectivity index (χ4v) is 4.49. The molecule has 0 radical (unpaired) electrons. The minimum Gasteiger partial charge on any atom is -0.273 e. The van der Waals surface area contributed by atoms with Crippen LogP contribution in [0.3, 0.4) is 0 Å². The van der Waals surface area contributed by atoms with E-state index in [0.717, 1.165) is 11.1 Å². The van der Waals surface area contributed by atoms with E-state index in [-0.39, 0.29) is 17.5 Å². The van der Waals surface area contributed by atoms with E-state index < -0.39 is 16.9 Å². The molecule has 33 heavy (non-hydrogen) atoms. The Balaban J connectivity index is 1.62. The number of hydrogen-bond acceptors (Lipinski definition) is 6. The zero-order valence-electron chi connectivity index (χ0n) is 18.0. The SMILES string of the molecule is Cc1ccc(N2C(=O)[C@@H]3C(c4ccc([N+](=O)[O-])cc4)=NN(c4ccccc4)[C@H]3C2=O)c(C)c1. The van der Waals surface area contributed by atoms with Gasteiger partial charge in [0.2, 0.25) is 5.91 Å². The van der Waals surface area contributed by atoms with Crippen molar-refractivity contribution in [3.63, 3.8) is 0 Å². The van der Waals surface area contributed by atoms with Gasteiger partial charge in [-0.2, -0.15) is 5.10 Å². The van der Waals surface area contributed by atoms with Crippen LogP contribution in [0.15, 0.2) is 77.9 Å². The molecule has 3 aromatic carbocycles. The van der Waals surface area contributed by atoms with E-state index >= 15 is 0 Å². The molecule has 2 aliphatic rings. The lowest BCUT2D eigenvalue weighted by molar-refractivity contribution is -0.384. The van der Waals surface area contributed by atoms with Gasteiger partial charge in [-0.1, -0.05) is 35.9 Å². The summed E-state index contributed by atoms with van der Waals surface area (Å²) < 4.78 is 0. The summed E-state index contributed by atoms with van der Waals surface area (Å²) >= 11 is 0. The standard InChI is InChI=1S/C25H20N4O4/c1-15-8-13-20(16(2)14-15)27-24(30)21-22(17-9-11-19(12-10-17)29(32)33)26-28(23(21)25(27)31)18-6-4-3-5-7-18/h3-14,21,23H,1-2H3/t21-,23-/m1/s1. The van der Waals surface area contributed by atoms with Crippen LogP contribution in [0.4, 0.5) is 17.1 Å². The summed E-state index contributed by atoms with van der Waals surface area (Å²) in [5, 5.41) is 17.3. The molecule has 0 bridgehead atoms. The van der Waals surface area contributed by atoms with Crippen LogP contribution in [-0.2, 0) is 9.59 Å². The van der Waals surface area contributed by atoms with Crippen LogP contribution < -0.4 is 9.91 Å². The number of carbonyl (C=O) groups is 2. The molecule has 0 aliphatic carbocycles. The lowest BCUT2D eigenvalue weighted by Crippen LogP contribution is -2.39. The number of fused-ring (bicyclic) bond motifs is 1. The van der Waals surface area contributed by atoms with Crippen molar-refractivity contribution in [2.75, 3.05) is 9.91 Å². The lowest BCUT2D eigenvalue weighted by Gasteiger charge is -2.23. The van der Waals surface area contributed by atoms with Gasteiger partial charge in [0.15, 0.2) is 0 Å². The molecule has 8 heteroatoms. The van der Waals surface area contributed by atoms with Gasteiger partial charge in [-0.3, -0.25) is 24.7 Å². The summed E-state index contributed by atoms with van der Waals surface area (Å²) in [5.41, 5.74) is 4.04. The van der Waals surface area contributed by atoms with Crippen LogP contribution in [0, 0.1) is 29.9 Å². The Morgan fingerprint density at radius 3 is 2.24 bits per heavy atom. The third-order valence-electron chi connectivity index (χ3n) is 6.04. The number of amides is 2. The Kier molecular flexibility index (Phi) is 4.78. The molecule has 0 spiro atoms. The van der Waals surface area contributed by atoms with E-state index in [9.17, 15) is 19.7 Å². The van der Waals surface area contributed by atoms with Crippen LogP contribution >= 0.6 is 0 Å². The summed E-state index contributed by atoms with van der Waals surface area (Å²) in [7, 11) is 0. The maximum atomic E-state index is 13.7. The number of hydrogen-bond donors (Lipinski definition) is 0. The zero-order valence-corrected chi connectivity index (χ0v) is 18.0. The van der Waals surface area contributed by atoms with E-state index in [1.807, 2.05) is 56.3 Å². The summed E-state index contributed by atoms with van der Waals surface area (Å²) in [5.74, 6) is -1.52. The molecule has 0 N–H and O–H groups in total. The van der Waals surface area contributed by atoms with Crippen LogP contribution in [0.1, 0.15) is 16.7 Å². The lowest BCUT2D eigenvalue weighted by atomic mass is 9.92. The normalized spacial score (nSPS) is 19.6. The van der Waals surface area contributed by atoms with Crippen molar-refractivity contribution in [1.29, 1.82) is 0 Å². The van der Waals surface area contributed by atoms with Gasteiger partial charge in [0.05, 0.1) is 22.0 Å². The topological polar surface area (TPSA) is 96.1 Å². The maximum absolute atomic E-state index is 13.7. The molecule has 2 aliphatic heterocycles. The number of imide groups is 1. The minimum absolute atomic E-state index is 0.0560. The first-order chi connectivity index (χ1) is 15.9. The molecular formula is C25H20N4O4. The molecule has 164 valence electrons. The van der Waals surface area contributed by atoms with Crippen LogP contribution in [0.5, 0.6) is 0 Å². The number of carbonyl (C=O) groups excluding carboxylic acids is 2. The predicted octanol–water partition coefficient (Wildman–Crippen LogP) is 3.99. The molecular weight excluding hydrogens is 420 g/mol. The molecule has 5 rings (SSSR count). The van der Waals surface area contributed by atoms with Crippen molar-refractivity contribution in [2.45, 2.75) is 19.9 Å². The van der Waals surface area contributed by atoms with Crippen molar-refractivity contribution >= 4 is 34.6 Å². The second-order valence-electron chi connectivity index (χ2n) is 8.19. The summed E-state index contributed by atoms with van der Waals surface area (Å²) in [6.07, 6.45) is 0. The Hall–Kier alpha value is -4.33. The average Bonchev–Trinajstić information content (AvgIpc) is 3.32. The smallest absolute Gasteiger partial charge is 0.269 e. The first-order valence-corrected chi connectivity index (χ1v) is 10.5. The number of nitro groups is 1. The maximum Gasteiger partial charge on any atom is 0.269 e. The molecule has 0 aromatic heterocycles. The Bertz CT molecular complexity index is 1320. The predicted molar refractivity (Wildman–Crippen MR) is 124 cm³/mol. The summed E-state index contributed by atoms with van der Waals surface area (Å²) in [6.45, 7) is 3.83. The molecule has 8 nitrogen and oxygen atoms in total.